The Labute approximate surface area is 166 Å². The van der Waals surface area contributed by atoms with Crippen LogP contribution in [0.4, 0.5) is 11.4 Å². The summed E-state index contributed by atoms with van der Waals surface area (Å²) in [6.45, 7) is 7.76. The second-order valence-corrected chi connectivity index (χ2v) is 7.14. The Bertz CT molecular complexity index is 801. The fourth-order valence-electron chi connectivity index (χ4n) is 3.04. The molecule has 0 radical (unpaired) electrons. The third kappa shape index (κ3) is 4.95. The number of rotatable bonds is 7. The predicted octanol–water partition coefficient (Wildman–Crippen LogP) is 3.82. The summed E-state index contributed by atoms with van der Waals surface area (Å²) < 4.78 is 16.6. The van der Waals surface area contributed by atoms with Crippen LogP contribution in [0, 0.1) is 5.92 Å². The maximum atomic E-state index is 12.8. The number of morpholine rings is 1. The molecule has 2 aromatic carbocycles. The van der Waals surface area contributed by atoms with Crippen LogP contribution in [0.3, 0.4) is 0 Å². The van der Waals surface area contributed by atoms with E-state index in [-0.39, 0.29) is 5.91 Å². The Balaban J connectivity index is 1.76. The molecule has 0 aromatic heterocycles. The van der Waals surface area contributed by atoms with Crippen molar-refractivity contribution >= 4 is 17.3 Å². The second-order valence-electron chi connectivity index (χ2n) is 7.14. The van der Waals surface area contributed by atoms with Crippen molar-refractivity contribution in [2.45, 2.75) is 13.8 Å². The van der Waals surface area contributed by atoms with E-state index in [0.29, 0.717) is 42.8 Å². The lowest BCUT2D eigenvalue weighted by Gasteiger charge is -2.30. The molecule has 1 fully saturated rings. The van der Waals surface area contributed by atoms with Crippen LogP contribution in [0.2, 0.25) is 0 Å². The largest absolute Gasteiger partial charge is 0.493 e. The van der Waals surface area contributed by atoms with E-state index < -0.39 is 0 Å². The number of nitrogens with zero attached hydrogens (tertiary/aromatic N) is 1. The monoisotopic (exact) mass is 384 g/mol. The van der Waals surface area contributed by atoms with Crippen LogP contribution in [0.25, 0.3) is 0 Å². The van der Waals surface area contributed by atoms with Gasteiger partial charge >= 0.3 is 0 Å². The minimum absolute atomic E-state index is 0.186. The number of methoxy groups -OCH3 is 1. The van der Waals surface area contributed by atoms with Crippen LogP contribution in [0.15, 0.2) is 42.5 Å². The molecule has 6 nitrogen and oxygen atoms in total. The summed E-state index contributed by atoms with van der Waals surface area (Å²) in [6.07, 6.45) is 0. The number of carbonyl (C=O) groups is 1. The van der Waals surface area contributed by atoms with E-state index >= 15 is 0 Å². The van der Waals surface area contributed by atoms with Crippen molar-refractivity contribution in [3.63, 3.8) is 0 Å². The van der Waals surface area contributed by atoms with Gasteiger partial charge in [0.05, 0.1) is 38.3 Å². The summed E-state index contributed by atoms with van der Waals surface area (Å²) in [6, 6.07) is 13.1. The zero-order valence-corrected chi connectivity index (χ0v) is 16.7. The van der Waals surface area contributed by atoms with Crippen molar-refractivity contribution in [1.82, 2.24) is 0 Å². The van der Waals surface area contributed by atoms with E-state index in [1.54, 1.807) is 25.3 Å². The van der Waals surface area contributed by atoms with E-state index in [1.807, 2.05) is 24.3 Å². The van der Waals surface area contributed by atoms with Crippen LogP contribution in [0.5, 0.6) is 11.5 Å². The standard InChI is InChI=1S/C22H28N2O4/c1-16(2)15-28-20-9-8-17(14-21(20)26-3)22(25)23-18-6-4-5-7-19(18)24-10-12-27-13-11-24/h4-9,14,16H,10-13,15H2,1-3H3,(H,23,25). The van der Waals surface area contributed by atoms with Gasteiger partial charge in [0.1, 0.15) is 0 Å². The van der Waals surface area contributed by atoms with E-state index in [0.717, 1.165) is 24.5 Å². The van der Waals surface area contributed by atoms with Crippen molar-refractivity contribution in [2.24, 2.45) is 5.92 Å². The van der Waals surface area contributed by atoms with Gasteiger partial charge in [-0.05, 0) is 36.2 Å². The van der Waals surface area contributed by atoms with Gasteiger partial charge in [-0.2, -0.15) is 0 Å². The molecule has 0 bridgehead atoms. The molecule has 0 aliphatic carbocycles. The van der Waals surface area contributed by atoms with Crippen LogP contribution < -0.4 is 19.7 Å². The van der Waals surface area contributed by atoms with E-state index in [9.17, 15) is 4.79 Å². The molecule has 150 valence electrons. The van der Waals surface area contributed by atoms with Gasteiger partial charge in [-0.3, -0.25) is 4.79 Å². The Morgan fingerprint density at radius 2 is 1.89 bits per heavy atom. The summed E-state index contributed by atoms with van der Waals surface area (Å²) in [5.74, 6) is 1.41. The summed E-state index contributed by atoms with van der Waals surface area (Å²) in [7, 11) is 1.58. The third-order valence-corrected chi connectivity index (χ3v) is 4.50. The zero-order chi connectivity index (χ0) is 19.9. The molecule has 0 saturated carbocycles. The topological polar surface area (TPSA) is 60.0 Å². The van der Waals surface area contributed by atoms with Crippen LogP contribution in [0.1, 0.15) is 24.2 Å². The van der Waals surface area contributed by atoms with E-state index in [1.165, 1.54) is 0 Å². The number of hydrogen-bond donors (Lipinski definition) is 1. The summed E-state index contributed by atoms with van der Waals surface area (Å²) in [5.41, 5.74) is 2.31. The van der Waals surface area contributed by atoms with Crippen LogP contribution in [-0.4, -0.2) is 45.9 Å². The van der Waals surface area contributed by atoms with Gasteiger partial charge in [0.2, 0.25) is 0 Å². The summed E-state index contributed by atoms with van der Waals surface area (Å²) in [5, 5.41) is 3.03. The molecule has 1 heterocycles. The predicted molar refractivity (Wildman–Crippen MR) is 111 cm³/mol. The number of anilines is 2. The molecule has 0 unspecified atom stereocenters. The van der Waals surface area contributed by atoms with E-state index in [4.69, 9.17) is 14.2 Å². The smallest absolute Gasteiger partial charge is 0.255 e. The van der Waals surface area contributed by atoms with Crippen LogP contribution >= 0.6 is 0 Å². The lowest BCUT2D eigenvalue weighted by molar-refractivity contribution is 0.102. The number of ether oxygens (including phenoxy) is 3. The number of hydrogen-bond acceptors (Lipinski definition) is 5. The lowest BCUT2D eigenvalue weighted by atomic mass is 10.1. The molecule has 0 atom stereocenters. The molecular formula is C22H28N2O4. The molecule has 2 aromatic rings. The number of amides is 1. The van der Waals surface area contributed by atoms with Gasteiger partial charge in [-0.15, -0.1) is 0 Å². The fourth-order valence-corrected chi connectivity index (χ4v) is 3.04. The first-order valence-electron chi connectivity index (χ1n) is 9.62. The molecule has 1 N–H and O–H groups in total. The average molecular weight is 384 g/mol. The highest BCUT2D eigenvalue weighted by atomic mass is 16.5. The Kier molecular flexibility index (Phi) is 6.76. The zero-order valence-electron chi connectivity index (χ0n) is 16.7. The number of carbonyl (C=O) groups excluding carboxylic acids is 1. The maximum Gasteiger partial charge on any atom is 0.255 e. The Morgan fingerprint density at radius 1 is 1.14 bits per heavy atom. The minimum atomic E-state index is -0.186. The lowest BCUT2D eigenvalue weighted by Crippen LogP contribution is -2.36. The number of para-hydroxylation sites is 2. The van der Waals surface area contributed by atoms with Gasteiger partial charge < -0.3 is 24.4 Å². The van der Waals surface area contributed by atoms with Gasteiger partial charge in [0.15, 0.2) is 11.5 Å². The molecule has 28 heavy (non-hydrogen) atoms. The molecule has 1 saturated heterocycles. The van der Waals surface area contributed by atoms with Crippen LogP contribution in [-0.2, 0) is 4.74 Å². The fraction of sp³-hybridized carbons (Fsp3) is 0.409. The van der Waals surface area contributed by atoms with Gasteiger partial charge in [-0.25, -0.2) is 0 Å². The molecular weight excluding hydrogens is 356 g/mol. The summed E-state index contributed by atoms with van der Waals surface area (Å²) in [4.78, 5) is 15.1. The first-order valence-corrected chi connectivity index (χ1v) is 9.62. The molecule has 1 aliphatic heterocycles. The highest BCUT2D eigenvalue weighted by Gasteiger charge is 2.17. The quantitative estimate of drug-likeness (QED) is 0.786. The van der Waals surface area contributed by atoms with Crippen molar-refractivity contribution in [2.75, 3.05) is 50.2 Å². The molecule has 1 amide bonds. The minimum Gasteiger partial charge on any atom is -0.493 e. The molecule has 3 rings (SSSR count). The highest BCUT2D eigenvalue weighted by Crippen LogP contribution is 2.30. The van der Waals surface area contributed by atoms with E-state index in [2.05, 4.69) is 24.1 Å². The Morgan fingerprint density at radius 3 is 2.61 bits per heavy atom. The molecule has 0 spiro atoms. The number of nitrogens with one attached hydrogen (secondary N) is 1. The van der Waals surface area contributed by atoms with Gasteiger partial charge in [0.25, 0.3) is 5.91 Å². The van der Waals surface area contributed by atoms with Crippen molar-refractivity contribution in [1.29, 1.82) is 0 Å². The third-order valence-electron chi connectivity index (χ3n) is 4.50. The number of benzene rings is 2. The maximum absolute atomic E-state index is 12.8. The summed E-state index contributed by atoms with van der Waals surface area (Å²) >= 11 is 0. The normalized spacial score (nSPS) is 14.1. The highest BCUT2D eigenvalue weighted by molar-refractivity contribution is 6.06. The van der Waals surface area contributed by atoms with Crippen molar-refractivity contribution in [3.8, 4) is 11.5 Å². The first-order chi connectivity index (χ1) is 13.6. The van der Waals surface area contributed by atoms with Crippen molar-refractivity contribution in [3.05, 3.63) is 48.0 Å². The molecule has 6 heteroatoms. The van der Waals surface area contributed by atoms with Gasteiger partial charge in [-0.1, -0.05) is 26.0 Å². The SMILES string of the molecule is COc1cc(C(=O)Nc2ccccc2N2CCOCC2)ccc1OCC(C)C. The van der Waals surface area contributed by atoms with Gasteiger partial charge in [0, 0.05) is 18.7 Å². The van der Waals surface area contributed by atoms with Crippen molar-refractivity contribution < 1.29 is 19.0 Å². The average Bonchev–Trinajstić information content (AvgIpc) is 2.73. The second kappa shape index (κ2) is 9.46. The molecule has 1 aliphatic rings. The Hall–Kier alpha value is -2.73. The first kappa shape index (κ1) is 20.0.